The van der Waals surface area contributed by atoms with Crippen LogP contribution >= 0.6 is 0 Å². The number of aryl methyl sites for hydroxylation is 1. The van der Waals surface area contributed by atoms with E-state index in [-0.39, 0.29) is 0 Å². The fourth-order valence-electron chi connectivity index (χ4n) is 1.08. The summed E-state index contributed by atoms with van der Waals surface area (Å²) in [5.74, 6) is 0. The zero-order chi connectivity index (χ0) is 10.4. The highest BCUT2D eigenvalue weighted by atomic mass is 14.9. The van der Waals surface area contributed by atoms with Crippen molar-refractivity contribution in [2.45, 2.75) is 6.92 Å². The largest absolute Gasteiger partial charge is 0.293 e. The molecule has 0 aliphatic rings. The average Bonchev–Trinajstić information content (AvgIpc) is 2.15. The predicted molar refractivity (Wildman–Crippen MR) is 58.1 cm³/mol. The summed E-state index contributed by atoms with van der Waals surface area (Å²) in [5.41, 5.74) is 2.91. The third-order valence-corrected chi connectivity index (χ3v) is 1.74. The topological polar surface area (TPSA) is 35.8 Å². The molecule has 0 unspecified atom stereocenters. The van der Waals surface area contributed by atoms with E-state index >= 15 is 0 Å². The quantitative estimate of drug-likeness (QED) is 0.445. The van der Waals surface area contributed by atoms with Crippen molar-refractivity contribution in [3.05, 3.63) is 53.7 Å². The van der Waals surface area contributed by atoms with E-state index in [2.05, 4.69) is 18.0 Å². The molecule has 0 saturated heterocycles. The number of hydrogen-bond donors (Lipinski definition) is 1. The van der Waals surface area contributed by atoms with E-state index in [0.29, 0.717) is 5.70 Å². The summed E-state index contributed by atoms with van der Waals surface area (Å²) in [6.07, 6.45) is 5.51. The van der Waals surface area contributed by atoms with E-state index in [9.17, 15) is 0 Å². The van der Waals surface area contributed by atoms with Gasteiger partial charge in [-0.1, -0.05) is 42.5 Å². The first-order valence-corrected chi connectivity index (χ1v) is 4.31. The molecule has 1 rings (SSSR count). The van der Waals surface area contributed by atoms with Gasteiger partial charge in [-0.15, -0.1) is 0 Å². The van der Waals surface area contributed by atoms with Crippen LogP contribution in [0.1, 0.15) is 11.1 Å². The molecular weight excluding hydrogens is 172 g/mol. The maximum absolute atomic E-state index is 8.32. The second-order valence-electron chi connectivity index (χ2n) is 3.01. The molecular formula is C12H12N2. The Hall–Kier alpha value is -2.01. The number of nitrogens with zero attached hydrogens (tertiary/aromatic N) is 1. The van der Waals surface area contributed by atoms with Crippen molar-refractivity contribution >= 4 is 6.08 Å². The number of nitriles is 1. The lowest BCUT2D eigenvalue weighted by molar-refractivity contribution is 1.13. The number of rotatable bonds is 3. The molecule has 1 aromatic rings. The Morgan fingerprint density at radius 2 is 2.36 bits per heavy atom. The minimum absolute atomic E-state index is 0.592. The van der Waals surface area contributed by atoms with Gasteiger partial charge >= 0.3 is 0 Å². The van der Waals surface area contributed by atoms with Crippen molar-refractivity contribution in [3.8, 4) is 6.19 Å². The Morgan fingerprint density at radius 3 is 3.00 bits per heavy atom. The second-order valence-corrected chi connectivity index (χ2v) is 3.01. The SMILES string of the molecule is C=C(/C=C/c1cccc(C)c1)NC#N. The maximum atomic E-state index is 8.32. The van der Waals surface area contributed by atoms with Crippen LogP contribution in [0.2, 0.25) is 0 Å². The molecule has 0 bridgehead atoms. The molecule has 0 aliphatic carbocycles. The first-order valence-electron chi connectivity index (χ1n) is 4.31. The van der Waals surface area contributed by atoms with Crippen LogP contribution in [0.25, 0.3) is 6.08 Å². The van der Waals surface area contributed by atoms with E-state index in [0.717, 1.165) is 5.56 Å². The van der Waals surface area contributed by atoms with E-state index in [1.54, 1.807) is 6.08 Å². The fourth-order valence-corrected chi connectivity index (χ4v) is 1.08. The second kappa shape index (κ2) is 4.88. The van der Waals surface area contributed by atoms with Crippen LogP contribution in [0.15, 0.2) is 42.6 Å². The van der Waals surface area contributed by atoms with Gasteiger partial charge in [0.2, 0.25) is 0 Å². The van der Waals surface area contributed by atoms with Crippen LogP contribution in [-0.2, 0) is 0 Å². The Balaban J connectivity index is 2.70. The summed E-state index contributed by atoms with van der Waals surface area (Å²) in [7, 11) is 0. The molecule has 2 nitrogen and oxygen atoms in total. The Morgan fingerprint density at radius 1 is 1.57 bits per heavy atom. The molecule has 0 atom stereocenters. The molecule has 0 radical (unpaired) electrons. The van der Waals surface area contributed by atoms with Crippen molar-refractivity contribution in [2.75, 3.05) is 0 Å². The van der Waals surface area contributed by atoms with E-state index in [4.69, 9.17) is 5.26 Å². The summed E-state index contributed by atoms with van der Waals surface area (Å²) in [5, 5.41) is 10.8. The molecule has 1 N–H and O–H groups in total. The van der Waals surface area contributed by atoms with Gasteiger partial charge in [-0.3, -0.25) is 5.32 Å². The van der Waals surface area contributed by atoms with Gasteiger partial charge < -0.3 is 0 Å². The van der Waals surface area contributed by atoms with Crippen molar-refractivity contribution in [1.29, 1.82) is 5.26 Å². The summed E-state index contributed by atoms with van der Waals surface area (Å²) < 4.78 is 0. The molecule has 0 heterocycles. The average molecular weight is 184 g/mol. The van der Waals surface area contributed by atoms with Gasteiger partial charge in [0.15, 0.2) is 6.19 Å². The van der Waals surface area contributed by atoms with Gasteiger partial charge in [0.1, 0.15) is 0 Å². The normalized spacial score (nSPS) is 9.71. The lowest BCUT2D eigenvalue weighted by Gasteiger charge is -1.96. The number of nitrogens with one attached hydrogen (secondary N) is 1. The van der Waals surface area contributed by atoms with Crippen LogP contribution in [0.5, 0.6) is 0 Å². The molecule has 0 spiro atoms. The lowest BCUT2D eigenvalue weighted by Crippen LogP contribution is -1.99. The molecule has 0 aromatic heterocycles. The molecule has 0 saturated carbocycles. The highest BCUT2D eigenvalue weighted by Gasteiger charge is 1.88. The molecule has 2 heteroatoms. The highest BCUT2D eigenvalue weighted by molar-refractivity contribution is 5.53. The van der Waals surface area contributed by atoms with Crippen molar-refractivity contribution < 1.29 is 0 Å². The van der Waals surface area contributed by atoms with Crippen molar-refractivity contribution in [2.24, 2.45) is 0 Å². The van der Waals surface area contributed by atoms with Crippen LogP contribution in [0.4, 0.5) is 0 Å². The fraction of sp³-hybridized carbons (Fsp3) is 0.0833. The first-order chi connectivity index (χ1) is 6.72. The van der Waals surface area contributed by atoms with Gasteiger partial charge in [0.25, 0.3) is 0 Å². The highest BCUT2D eigenvalue weighted by Crippen LogP contribution is 2.06. The summed E-state index contributed by atoms with van der Waals surface area (Å²) in [6, 6.07) is 8.11. The number of benzene rings is 1. The smallest absolute Gasteiger partial charge is 0.181 e. The molecule has 0 aliphatic heterocycles. The molecule has 1 aromatic carbocycles. The molecule has 14 heavy (non-hydrogen) atoms. The Bertz CT molecular complexity index is 397. The third kappa shape index (κ3) is 3.16. The molecule has 0 fully saturated rings. The number of hydrogen-bond acceptors (Lipinski definition) is 2. The van der Waals surface area contributed by atoms with E-state index in [1.807, 2.05) is 37.4 Å². The Kier molecular flexibility index (Phi) is 3.51. The summed E-state index contributed by atoms with van der Waals surface area (Å²) >= 11 is 0. The molecule has 70 valence electrons. The predicted octanol–water partition coefficient (Wildman–Crippen LogP) is 2.59. The van der Waals surface area contributed by atoms with Crippen LogP contribution in [-0.4, -0.2) is 0 Å². The summed E-state index contributed by atoms with van der Waals surface area (Å²) in [4.78, 5) is 0. The van der Waals surface area contributed by atoms with Crippen LogP contribution < -0.4 is 5.32 Å². The van der Waals surface area contributed by atoms with Gasteiger partial charge in [-0.05, 0) is 18.6 Å². The number of allylic oxidation sites excluding steroid dienone is 1. The van der Waals surface area contributed by atoms with Gasteiger partial charge in [-0.2, -0.15) is 5.26 Å². The first kappa shape index (κ1) is 10.1. The van der Waals surface area contributed by atoms with E-state index in [1.165, 1.54) is 5.56 Å². The summed E-state index contributed by atoms with van der Waals surface area (Å²) in [6.45, 7) is 5.70. The lowest BCUT2D eigenvalue weighted by atomic mass is 10.1. The standard InChI is InChI=1S/C12H12N2/c1-10-4-3-5-12(8-10)7-6-11(2)14-9-13/h3-8,14H,2H2,1H3/b7-6+. The van der Waals surface area contributed by atoms with Gasteiger partial charge in [0.05, 0.1) is 0 Å². The maximum Gasteiger partial charge on any atom is 0.181 e. The van der Waals surface area contributed by atoms with Crippen molar-refractivity contribution in [1.82, 2.24) is 5.32 Å². The third-order valence-electron chi connectivity index (χ3n) is 1.74. The van der Waals surface area contributed by atoms with E-state index < -0.39 is 0 Å². The zero-order valence-electron chi connectivity index (χ0n) is 8.12. The monoisotopic (exact) mass is 184 g/mol. The van der Waals surface area contributed by atoms with Crippen molar-refractivity contribution in [3.63, 3.8) is 0 Å². The van der Waals surface area contributed by atoms with Gasteiger partial charge in [0, 0.05) is 5.70 Å². The minimum Gasteiger partial charge on any atom is -0.293 e. The zero-order valence-corrected chi connectivity index (χ0v) is 8.12. The van der Waals surface area contributed by atoms with Crippen LogP contribution in [0.3, 0.4) is 0 Å². The Labute approximate surface area is 84.2 Å². The van der Waals surface area contributed by atoms with Gasteiger partial charge in [-0.25, -0.2) is 0 Å². The minimum atomic E-state index is 0.592. The molecule has 0 amide bonds. The van der Waals surface area contributed by atoms with Crippen LogP contribution in [0, 0.1) is 18.4 Å².